The molecule has 0 aliphatic carbocycles. The number of hydrogen-bond acceptors (Lipinski definition) is 5. The van der Waals surface area contributed by atoms with E-state index < -0.39 is 5.97 Å². The van der Waals surface area contributed by atoms with E-state index in [0.717, 1.165) is 11.0 Å². The van der Waals surface area contributed by atoms with Crippen LogP contribution in [-0.2, 0) is 7.05 Å². The van der Waals surface area contributed by atoms with Gasteiger partial charge in [-0.05, 0) is 49.4 Å². The van der Waals surface area contributed by atoms with Crippen molar-refractivity contribution in [2.24, 2.45) is 17.3 Å². The van der Waals surface area contributed by atoms with Crippen LogP contribution in [0.25, 0.3) is 22.4 Å². The summed E-state index contributed by atoms with van der Waals surface area (Å²) >= 11 is 5.93. The van der Waals surface area contributed by atoms with Crippen molar-refractivity contribution in [3.05, 3.63) is 70.9 Å². The quantitative estimate of drug-likeness (QED) is 0.408. The topological polar surface area (TPSA) is 93.0 Å². The maximum Gasteiger partial charge on any atom is 0.337 e. The summed E-state index contributed by atoms with van der Waals surface area (Å²) in [7, 11) is 1.89. The molecule has 0 amide bonds. The Labute approximate surface area is 171 Å². The van der Waals surface area contributed by atoms with E-state index in [0.29, 0.717) is 23.0 Å². The molecule has 4 rings (SSSR count). The van der Waals surface area contributed by atoms with Gasteiger partial charge in [-0.3, -0.25) is 0 Å². The van der Waals surface area contributed by atoms with E-state index >= 15 is 0 Å². The predicted molar refractivity (Wildman–Crippen MR) is 110 cm³/mol. The van der Waals surface area contributed by atoms with Crippen molar-refractivity contribution in [1.29, 1.82) is 0 Å². The van der Waals surface area contributed by atoms with Gasteiger partial charge in [0.05, 0.1) is 21.6 Å². The van der Waals surface area contributed by atoms with Crippen molar-refractivity contribution in [3.63, 3.8) is 0 Å². The summed E-state index contributed by atoms with van der Waals surface area (Å²) in [5.74, 6) is 0.556. The van der Waals surface area contributed by atoms with Gasteiger partial charge in [-0.25, -0.2) is 9.78 Å². The number of azo groups is 1. The SMILES string of the molecule is CC(N=Nc1nc2ccccc2n1C)c1ccc(-c2ccc(Cl)c(C(=O)O)c2)o1. The number of nitrogens with zero attached hydrogens (tertiary/aromatic N) is 4. The summed E-state index contributed by atoms with van der Waals surface area (Å²) in [6.07, 6.45) is 0. The maximum atomic E-state index is 11.3. The highest BCUT2D eigenvalue weighted by Gasteiger charge is 2.15. The van der Waals surface area contributed by atoms with Gasteiger partial charge in [-0.1, -0.05) is 23.7 Å². The highest BCUT2D eigenvalue weighted by molar-refractivity contribution is 6.33. The average Bonchev–Trinajstić information content (AvgIpc) is 3.32. The third-order valence-corrected chi connectivity index (χ3v) is 4.93. The van der Waals surface area contributed by atoms with E-state index in [4.69, 9.17) is 16.0 Å². The molecule has 0 saturated heterocycles. The molecule has 1 N–H and O–H groups in total. The number of benzene rings is 2. The lowest BCUT2D eigenvalue weighted by Gasteiger charge is -2.03. The lowest BCUT2D eigenvalue weighted by atomic mass is 10.1. The first-order valence-electron chi connectivity index (χ1n) is 8.89. The molecule has 146 valence electrons. The van der Waals surface area contributed by atoms with Gasteiger partial charge in [0.25, 0.3) is 0 Å². The zero-order valence-electron chi connectivity index (χ0n) is 15.7. The Hall–Kier alpha value is -3.45. The minimum atomic E-state index is -1.09. The molecular weight excluding hydrogens is 392 g/mol. The second kappa shape index (κ2) is 7.52. The van der Waals surface area contributed by atoms with Crippen LogP contribution in [0.15, 0.2) is 69.2 Å². The number of rotatable bonds is 5. The smallest absolute Gasteiger partial charge is 0.337 e. The fraction of sp³-hybridized carbons (Fsp3) is 0.143. The van der Waals surface area contributed by atoms with Crippen LogP contribution in [0.2, 0.25) is 5.02 Å². The summed E-state index contributed by atoms with van der Waals surface area (Å²) in [5, 5.41) is 18.0. The molecular formula is C21H17ClN4O3. The number of carboxylic acid groups (broad SMARTS) is 1. The molecule has 1 unspecified atom stereocenters. The number of furan rings is 1. The number of halogens is 1. The number of fused-ring (bicyclic) bond motifs is 1. The molecule has 2 aromatic heterocycles. The number of aryl methyl sites for hydroxylation is 1. The summed E-state index contributed by atoms with van der Waals surface area (Å²) in [5.41, 5.74) is 2.48. The second-order valence-corrected chi connectivity index (χ2v) is 6.96. The average molecular weight is 409 g/mol. The molecule has 0 fully saturated rings. The summed E-state index contributed by atoms with van der Waals surface area (Å²) in [6.45, 7) is 1.86. The van der Waals surface area contributed by atoms with Crippen LogP contribution in [0.1, 0.15) is 29.1 Å². The van der Waals surface area contributed by atoms with Gasteiger partial charge in [0, 0.05) is 12.6 Å². The predicted octanol–water partition coefficient (Wildman–Crippen LogP) is 6.03. The molecule has 2 aromatic carbocycles. The molecule has 0 bridgehead atoms. The molecule has 0 aliphatic rings. The first-order chi connectivity index (χ1) is 13.9. The van der Waals surface area contributed by atoms with Crippen LogP contribution < -0.4 is 0 Å². The van der Waals surface area contributed by atoms with Gasteiger partial charge >= 0.3 is 5.97 Å². The minimum Gasteiger partial charge on any atom is -0.478 e. The van der Waals surface area contributed by atoms with Crippen molar-refractivity contribution in [3.8, 4) is 11.3 Å². The van der Waals surface area contributed by atoms with Crippen LogP contribution >= 0.6 is 11.6 Å². The molecule has 0 aliphatic heterocycles. The molecule has 0 saturated carbocycles. The van der Waals surface area contributed by atoms with E-state index in [1.165, 1.54) is 12.1 Å². The van der Waals surface area contributed by atoms with Crippen molar-refractivity contribution in [2.75, 3.05) is 0 Å². The second-order valence-electron chi connectivity index (χ2n) is 6.55. The number of carboxylic acids is 1. The van der Waals surface area contributed by atoms with E-state index in [9.17, 15) is 9.90 Å². The number of imidazole rings is 1. The van der Waals surface area contributed by atoms with Crippen molar-refractivity contribution in [2.45, 2.75) is 13.0 Å². The molecule has 4 aromatic rings. The first-order valence-corrected chi connectivity index (χ1v) is 9.27. The van der Waals surface area contributed by atoms with Crippen LogP contribution in [0, 0.1) is 0 Å². The Morgan fingerprint density at radius 3 is 2.76 bits per heavy atom. The van der Waals surface area contributed by atoms with Crippen LogP contribution in [-0.4, -0.2) is 20.6 Å². The van der Waals surface area contributed by atoms with Crippen LogP contribution in [0.5, 0.6) is 0 Å². The molecule has 29 heavy (non-hydrogen) atoms. The number of aromatic carboxylic acids is 1. The fourth-order valence-corrected chi connectivity index (χ4v) is 3.19. The van der Waals surface area contributed by atoms with E-state index in [1.807, 2.05) is 42.8 Å². The molecule has 0 spiro atoms. The van der Waals surface area contributed by atoms with E-state index in [1.54, 1.807) is 18.2 Å². The Morgan fingerprint density at radius 2 is 2.00 bits per heavy atom. The highest BCUT2D eigenvalue weighted by Crippen LogP contribution is 2.30. The molecule has 7 nitrogen and oxygen atoms in total. The lowest BCUT2D eigenvalue weighted by molar-refractivity contribution is 0.0697. The van der Waals surface area contributed by atoms with Gasteiger partial charge < -0.3 is 14.1 Å². The lowest BCUT2D eigenvalue weighted by Crippen LogP contribution is -1.97. The summed E-state index contributed by atoms with van der Waals surface area (Å²) < 4.78 is 7.74. The molecule has 2 heterocycles. The van der Waals surface area contributed by atoms with E-state index in [-0.39, 0.29) is 16.6 Å². The zero-order chi connectivity index (χ0) is 20.5. The maximum absolute atomic E-state index is 11.3. The number of para-hydroxylation sites is 2. The van der Waals surface area contributed by atoms with Gasteiger partial charge in [-0.2, -0.15) is 5.11 Å². The number of hydrogen-bond donors (Lipinski definition) is 1. The normalized spacial score (nSPS) is 12.7. The Kier molecular flexibility index (Phi) is 4.90. The van der Waals surface area contributed by atoms with Gasteiger partial charge in [-0.15, -0.1) is 5.11 Å². The zero-order valence-corrected chi connectivity index (χ0v) is 16.5. The number of aromatic nitrogens is 2. The molecule has 8 heteroatoms. The standard InChI is InChI=1S/C21H17ClN4O3/c1-12(24-25-21-23-16-5-3-4-6-17(16)26(21)2)18-9-10-19(29-18)13-7-8-15(22)14(11-13)20(27)28/h3-12H,1-2H3,(H,27,28). The summed E-state index contributed by atoms with van der Waals surface area (Å²) in [4.78, 5) is 15.7. The Bertz CT molecular complexity index is 1240. The third-order valence-electron chi connectivity index (χ3n) is 4.60. The van der Waals surface area contributed by atoms with Crippen molar-refractivity contribution < 1.29 is 14.3 Å². The first kappa shape index (κ1) is 18.9. The largest absolute Gasteiger partial charge is 0.478 e. The van der Waals surface area contributed by atoms with E-state index in [2.05, 4.69) is 15.2 Å². The van der Waals surface area contributed by atoms with Gasteiger partial charge in [0.15, 0.2) is 0 Å². The molecule has 1 atom stereocenters. The third kappa shape index (κ3) is 3.64. The van der Waals surface area contributed by atoms with Crippen molar-refractivity contribution >= 4 is 34.6 Å². The number of carbonyl (C=O) groups is 1. The Balaban J connectivity index is 1.57. The van der Waals surface area contributed by atoms with Crippen molar-refractivity contribution in [1.82, 2.24) is 9.55 Å². The van der Waals surface area contributed by atoms with Gasteiger partial charge in [0.1, 0.15) is 17.6 Å². The molecule has 0 radical (unpaired) electrons. The van der Waals surface area contributed by atoms with Crippen LogP contribution in [0.4, 0.5) is 5.95 Å². The highest BCUT2D eigenvalue weighted by atomic mass is 35.5. The Morgan fingerprint density at radius 1 is 1.21 bits per heavy atom. The summed E-state index contributed by atoms with van der Waals surface area (Å²) in [6, 6.07) is 15.7. The van der Waals surface area contributed by atoms with Gasteiger partial charge in [0.2, 0.25) is 5.95 Å². The van der Waals surface area contributed by atoms with Crippen LogP contribution in [0.3, 0.4) is 0 Å². The monoisotopic (exact) mass is 408 g/mol. The minimum absolute atomic E-state index is 0.0247. The fourth-order valence-electron chi connectivity index (χ4n) is 2.99.